The van der Waals surface area contributed by atoms with Gasteiger partial charge in [-0.1, -0.05) is 0 Å². The van der Waals surface area contributed by atoms with Crippen molar-refractivity contribution in [2.45, 2.75) is 44.7 Å². The van der Waals surface area contributed by atoms with E-state index in [0.29, 0.717) is 6.04 Å². The Bertz CT molecular complexity index is 327. The lowest BCUT2D eigenvalue weighted by Gasteiger charge is -2.18. The molecule has 1 aromatic heterocycles. The smallest absolute Gasteiger partial charge is 0.0422 e. The fourth-order valence-electron chi connectivity index (χ4n) is 2.50. The fraction of sp³-hybridized carbons (Fsp3) is 0.667. The molecular formula is C12H17NS. The largest absolute Gasteiger partial charge is 0.306 e. The summed E-state index contributed by atoms with van der Waals surface area (Å²) in [5, 5.41) is 6.03. The molecular weight excluding hydrogens is 190 g/mol. The number of rotatable bonds is 3. The Balaban J connectivity index is 1.69. The first-order chi connectivity index (χ1) is 6.84. The van der Waals surface area contributed by atoms with Gasteiger partial charge in [0.2, 0.25) is 0 Å². The van der Waals surface area contributed by atoms with Crippen molar-refractivity contribution in [3.05, 3.63) is 21.9 Å². The van der Waals surface area contributed by atoms with Crippen molar-refractivity contribution in [2.75, 3.05) is 0 Å². The maximum atomic E-state index is 3.79. The Kier molecular flexibility index (Phi) is 2.14. The summed E-state index contributed by atoms with van der Waals surface area (Å²) < 4.78 is 0. The summed E-state index contributed by atoms with van der Waals surface area (Å²) in [6.45, 7) is 2.35. The summed E-state index contributed by atoms with van der Waals surface area (Å²) in [5.74, 6) is 0.971. The Morgan fingerprint density at radius 1 is 1.43 bits per heavy atom. The minimum Gasteiger partial charge on any atom is -0.306 e. The van der Waals surface area contributed by atoms with Crippen molar-refractivity contribution in [3.63, 3.8) is 0 Å². The van der Waals surface area contributed by atoms with Crippen LogP contribution in [-0.4, -0.2) is 6.04 Å². The second kappa shape index (κ2) is 3.35. The summed E-state index contributed by atoms with van der Waals surface area (Å²) in [5.41, 5.74) is 1.59. The van der Waals surface area contributed by atoms with E-state index in [-0.39, 0.29) is 0 Å². The third kappa shape index (κ3) is 1.51. The van der Waals surface area contributed by atoms with Crippen LogP contribution in [0.3, 0.4) is 0 Å². The molecule has 1 aromatic rings. The molecule has 0 aromatic carbocycles. The number of thiophene rings is 1. The molecule has 1 saturated carbocycles. The molecule has 0 saturated heterocycles. The Labute approximate surface area is 89.5 Å². The maximum Gasteiger partial charge on any atom is 0.0422 e. The van der Waals surface area contributed by atoms with Crippen molar-refractivity contribution in [3.8, 4) is 0 Å². The first-order valence-corrected chi connectivity index (χ1v) is 6.55. The lowest BCUT2D eigenvalue weighted by molar-refractivity contribution is 0.424. The molecule has 3 rings (SSSR count). The molecule has 0 amide bonds. The van der Waals surface area contributed by atoms with Crippen molar-refractivity contribution in [1.29, 1.82) is 0 Å². The molecule has 2 aliphatic carbocycles. The van der Waals surface area contributed by atoms with Crippen LogP contribution in [0.15, 0.2) is 11.4 Å². The fourth-order valence-corrected chi connectivity index (χ4v) is 3.55. The van der Waals surface area contributed by atoms with Crippen LogP contribution in [0.25, 0.3) is 0 Å². The predicted molar refractivity (Wildman–Crippen MR) is 60.7 cm³/mol. The van der Waals surface area contributed by atoms with Gasteiger partial charge in [-0.25, -0.2) is 0 Å². The Morgan fingerprint density at radius 2 is 2.29 bits per heavy atom. The van der Waals surface area contributed by atoms with E-state index >= 15 is 0 Å². The zero-order chi connectivity index (χ0) is 9.54. The van der Waals surface area contributed by atoms with Gasteiger partial charge in [0.15, 0.2) is 0 Å². The van der Waals surface area contributed by atoms with E-state index in [1.807, 2.05) is 11.3 Å². The normalized spacial score (nSPS) is 27.6. The lowest BCUT2D eigenvalue weighted by Crippen LogP contribution is -2.30. The summed E-state index contributed by atoms with van der Waals surface area (Å²) in [4.78, 5) is 1.61. The van der Waals surface area contributed by atoms with Gasteiger partial charge in [0.1, 0.15) is 0 Å². The Hall–Kier alpha value is -0.340. The summed E-state index contributed by atoms with van der Waals surface area (Å²) in [6.07, 6.45) is 5.49. The van der Waals surface area contributed by atoms with Crippen molar-refractivity contribution < 1.29 is 0 Å². The number of aryl methyl sites for hydroxylation is 1. The zero-order valence-electron chi connectivity index (χ0n) is 8.62. The molecule has 2 atom stereocenters. The highest BCUT2D eigenvalue weighted by Crippen LogP contribution is 2.38. The molecule has 2 unspecified atom stereocenters. The highest BCUT2D eigenvalue weighted by molar-refractivity contribution is 7.10. The van der Waals surface area contributed by atoms with E-state index in [1.165, 1.54) is 25.7 Å². The molecule has 0 spiro atoms. The van der Waals surface area contributed by atoms with E-state index in [9.17, 15) is 0 Å². The van der Waals surface area contributed by atoms with Gasteiger partial charge in [0.05, 0.1) is 0 Å². The molecule has 1 N–H and O–H groups in total. The highest BCUT2D eigenvalue weighted by Gasteiger charge is 2.31. The van der Waals surface area contributed by atoms with Crippen LogP contribution < -0.4 is 5.32 Å². The monoisotopic (exact) mass is 207 g/mol. The first kappa shape index (κ1) is 8.93. The Morgan fingerprint density at radius 3 is 3.07 bits per heavy atom. The minimum absolute atomic E-state index is 0.667. The van der Waals surface area contributed by atoms with Crippen molar-refractivity contribution >= 4 is 11.3 Å². The average Bonchev–Trinajstić information content (AvgIpc) is 2.81. The van der Waals surface area contributed by atoms with Crippen LogP contribution in [0.2, 0.25) is 0 Å². The van der Waals surface area contributed by atoms with E-state index in [1.54, 1.807) is 10.4 Å². The molecule has 1 heterocycles. The van der Waals surface area contributed by atoms with Crippen LogP contribution in [0.4, 0.5) is 0 Å². The molecule has 0 aliphatic heterocycles. The van der Waals surface area contributed by atoms with Gasteiger partial charge in [-0.3, -0.25) is 0 Å². The van der Waals surface area contributed by atoms with Gasteiger partial charge in [0, 0.05) is 17.0 Å². The van der Waals surface area contributed by atoms with Gasteiger partial charge < -0.3 is 5.32 Å². The summed E-state index contributed by atoms with van der Waals surface area (Å²) >= 11 is 1.93. The SMILES string of the molecule is CC(NC1CCc2ccsc21)C1CC1. The van der Waals surface area contributed by atoms with Gasteiger partial charge in [0.25, 0.3) is 0 Å². The van der Waals surface area contributed by atoms with E-state index in [4.69, 9.17) is 0 Å². The molecule has 1 nitrogen and oxygen atoms in total. The summed E-state index contributed by atoms with van der Waals surface area (Å²) in [7, 11) is 0. The zero-order valence-corrected chi connectivity index (χ0v) is 9.44. The van der Waals surface area contributed by atoms with Crippen LogP contribution in [-0.2, 0) is 6.42 Å². The lowest BCUT2D eigenvalue weighted by atomic mass is 10.1. The summed E-state index contributed by atoms with van der Waals surface area (Å²) in [6, 6.07) is 3.69. The van der Waals surface area contributed by atoms with Gasteiger partial charge in [-0.15, -0.1) is 11.3 Å². The second-order valence-electron chi connectivity index (χ2n) is 4.69. The van der Waals surface area contributed by atoms with Gasteiger partial charge in [-0.2, -0.15) is 0 Å². The molecule has 2 aliphatic rings. The molecule has 14 heavy (non-hydrogen) atoms. The molecule has 0 radical (unpaired) electrons. The number of hydrogen-bond acceptors (Lipinski definition) is 2. The van der Waals surface area contributed by atoms with Crippen molar-refractivity contribution in [2.24, 2.45) is 5.92 Å². The van der Waals surface area contributed by atoms with Crippen molar-refractivity contribution in [1.82, 2.24) is 5.32 Å². The molecule has 0 bridgehead atoms. The third-order valence-corrected chi connectivity index (χ3v) is 4.67. The minimum atomic E-state index is 0.667. The number of hydrogen-bond donors (Lipinski definition) is 1. The van der Waals surface area contributed by atoms with Gasteiger partial charge in [-0.05, 0) is 55.5 Å². The average molecular weight is 207 g/mol. The van der Waals surface area contributed by atoms with Crippen LogP contribution in [0.1, 0.15) is 42.7 Å². The van der Waals surface area contributed by atoms with Crippen LogP contribution in [0.5, 0.6) is 0 Å². The second-order valence-corrected chi connectivity index (χ2v) is 5.64. The number of fused-ring (bicyclic) bond motifs is 1. The standard InChI is InChI=1S/C12H17NS/c1-8(9-2-3-9)13-11-5-4-10-6-7-14-12(10)11/h6-9,11,13H,2-5H2,1H3. The molecule has 1 fully saturated rings. The van der Waals surface area contributed by atoms with E-state index < -0.39 is 0 Å². The van der Waals surface area contributed by atoms with Gasteiger partial charge >= 0.3 is 0 Å². The van der Waals surface area contributed by atoms with E-state index in [0.717, 1.165) is 12.0 Å². The first-order valence-electron chi connectivity index (χ1n) is 5.67. The predicted octanol–water partition coefficient (Wildman–Crippen LogP) is 3.12. The molecule has 2 heteroatoms. The quantitative estimate of drug-likeness (QED) is 0.803. The maximum absolute atomic E-state index is 3.79. The van der Waals surface area contributed by atoms with E-state index in [2.05, 4.69) is 23.7 Å². The molecule has 76 valence electrons. The van der Waals surface area contributed by atoms with Crippen LogP contribution >= 0.6 is 11.3 Å². The topological polar surface area (TPSA) is 12.0 Å². The highest BCUT2D eigenvalue weighted by atomic mass is 32.1. The van der Waals surface area contributed by atoms with Crippen LogP contribution in [0, 0.1) is 5.92 Å². The number of nitrogens with one attached hydrogen (secondary N) is 1. The third-order valence-electron chi connectivity index (χ3n) is 3.59.